The lowest BCUT2D eigenvalue weighted by atomic mass is 9.89. The zero-order valence-electron chi connectivity index (χ0n) is 12.0. The molecule has 0 aromatic carbocycles. The number of carbonyl (C=O) groups excluding carboxylic acids is 1. The largest absolute Gasteiger partial charge is 0.380 e. The highest BCUT2D eigenvalue weighted by atomic mass is 35.5. The van der Waals surface area contributed by atoms with Gasteiger partial charge in [-0.25, -0.2) is 0 Å². The van der Waals surface area contributed by atoms with Crippen LogP contribution in [0.15, 0.2) is 0 Å². The number of nitrogens with one attached hydrogen (secondary N) is 1. The molecule has 2 atom stereocenters. The van der Waals surface area contributed by atoms with Gasteiger partial charge in [0.1, 0.15) is 0 Å². The van der Waals surface area contributed by atoms with E-state index in [0.29, 0.717) is 13.1 Å². The molecule has 0 saturated heterocycles. The van der Waals surface area contributed by atoms with Gasteiger partial charge in [0.25, 0.3) is 0 Å². The Morgan fingerprint density at radius 3 is 2.17 bits per heavy atom. The van der Waals surface area contributed by atoms with E-state index in [2.05, 4.69) is 26.1 Å². The molecule has 18 heavy (non-hydrogen) atoms. The van der Waals surface area contributed by atoms with E-state index >= 15 is 0 Å². The number of ether oxygens (including phenoxy) is 2. The number of amides is 1. The third-order valence-corrected chi connectivity index (χ3v) is 2.74. The molecule has 0 fully saturated rings. The van der Waals surface area contributed by atoms with Crippen LogP contribution in [-0.4, -0.2) is 45.4 Å². The molecule has 0 aliphatic heterocycles. The number of hydrogen-bond acceptors (Lipinski definition) is 4. The van der Waals surface area contributed by atoms with E-state index in [1.807, 2.05) is 0 Å². The fourth-order valence-electron chi connectivity index (χ4n) is 1.49. The van der Waals surface area contributed by atoms with Gasteiger partial charge in [-0.3, -0.25) is 4.79 Å². The van der Waals surface area contributed by atoms with E-state index in [4.69, 9.17) is 15.2 Å². The van der Waals surface area contributed by atoms with Gasteiger partial charge in [-0.1, -0.05) is 20.8 Å². The predicted octanol–water partition coefficient (Wildman–Crippen LogP) is 0.949. The molecule has 0 bridgehead atoms. The van der Waals surface area contributed by atoms with Crippen LogP contribution in [0, 0.1) is 5.41 Å². The molecule has 0 rings (SSSR count). The molecule has 0 aliphatic carbocycles. The lowest BCUT2D eigenvalue weighted by Crippen LogP contribution is -2.42. The van der Waals surface area contributed by atoms with Crippen molar-refractivity contribution in [3.63, 3.8) is 0 Å². The number of nitrogens with two attached hydrogens (primary N) is 1. The monoisotopic (exact) mass is 282 g/mol. The quantitative estimate of drug-likeness (QED) is 0.729. The zero-order chi connectivity index (χ0) is 13.5. The second-order valence-electron chi connectivity index (χ2n) is 5.19. The Bertz CT molecular complexity index is 228. The Labute approximate surface area is 116 Å². The molecule has 110 valence electrons. The minimum Gasteiger partial charge on any atom is -0.380 e. The van der Waals surface area contributed by atoms with E-state index in [-0.39, 0.29) is 42.4 Å². The molecule has 0 aliphatic rings. The van der Waals surface area contributed by atoms with Crippen LogP contribution in [0.1, 0.15) is 27.2 Å². The van der Waals surface area contributed by atoms with E-state index in [9.17, 15) is 4.79 Å². The molecule has 0 saturated carbocycles. The summed E-state index contributed by atoms with van der Waals surface area (Å²) in [6.45, 7) is 7.07. The van der Waals surface area contributed by atoms with Gasteiger partial charge in [0.2, 0.25) is 5.91 Å². The van der Waals surface area contributed by atoms with Gasteiger partial charge in [0.05, 0.1) is 18.6 Å². The Kier molecular flexibility index (Phi) is 10.6. The van der Waals surface area contributed by atoms with Crippen LogP contribution >= 0.6 is 12.4 Å². The molecule has 0 aromatic rings. The van der Waals surface area contributed by atoms with Crippen molar-refractivity contribution in [3.8, 4) is 0 Å². The van der Waals surface area contributed by atoms with Gasteiger partial charge in [-0.15, -0.1) is 12.4 Å². The summed E-state index contributed by atoms with van der Waals surface area (Å²) in [6.07, 6.45) is 0.0593. The molecule has 0 heterocycles. The summed E-state index contributed by atoms with van der Waals surface area (Å²) in [6, 6.07) is 0. The smallest absolute Gasteiger partial charge is 0.222 e. The van der Waals surface area contributed by atoms with Crippen molar-refractivity contribution in [2.45, 2.75) is 39.4 Å². The average Bonchev–Trinajstić information content (AvgIpc) is 2.24. The second kappa shape index (κ2) is 9.55. The van der Waals surface area contributed by atoms with Crippen LogP contribution in [0.4, 0.5) is 0 Å². The topological polar surface area (TPSA) is 73.6 Å². The lowest BCUT2D eigenvalue weighted by Gasteiger charge is -2.29. The average molecular weight is 283 g/mol. The van der Waals surface area contributed by atoms with Crippen LogP contribution in [0.5, 0.6) is 0 Å². The van der Waals surface area contributed by atoms with Crippen LogP contribution in [-0.2, 0) is 14.3 Å². The highest BCUT2D eigenvalue weighted by Crippen LogP contribution is 2.20. The Morgan fingerprint density at radius 2 is 1.83 bits per heavy atom. The molecule has 3 N–H and O–H groups in total. The Hall–Kier alpha value is -0.360. The highest BCUT2D eigenvalue weighted by molar-refractivity contribution is 5.85. The van der Waals surface area contributed by atoms with Crippen LogP contribution < -0.4 is 11.1 Å². The number of rotatable bonds is 7. The zero-order valence-corrected chi connectivity index (χ0v) is 12.8. The van der Waals surface area contributed by atoms with E-state index < -0.39 is 0 Å². The van der Waals surface area contributed by atoms with Gasteiger partial charge in [-0.2, -0.15) is 0 Å². The van der Waals surface area contributed by atoms with Crippen LogP contribution in [0.3, 0.4) is 0 Å². The summed E-state index contributed by atoms with van der Waals surface area (Å²) in [4.78, 5) is 11.6. The first-order valence-corrected chi connectivity index (χ1v) is 5.87. The summed E-state index contributed by atoms with van der Waals surface area (Å²) in [5.41, 5.74) is 5.45. The number of hydrogen-bond donors (Lipinski definition) is 2. The Morgan fingerprint density at radius 1 is 1.28 bits per heavy atom. The third kappa shape index (κ3) is 7.87. The van der Waals surface area contributed by atoms with E-state index in [0.717, 1.165) is 0 Å². The highest BCUT2D eigenvalue weighted by Gasteiger charge is 2.24. The van der Waals surface area contributed by atoms with Crippen molar-refractivity contribution >= 4 is 18.3 Å². The van der Waals surface area contributed by atoms with Crippen molar-refractivity contribution < 1.29 is 14.3 Å². The van der Waals surface area contributed by atoms with Crippen LogP contribution in [0.25, 0.3) is 0 Å². The second-order valence-corrected chi connectivity index (χ2v) is 5.19. The van der Waals surface area contributed by atoms with Crippen molar-refractivity contribution in [1.29, 1.82) is 0 Å². The first-order valence-electron chi connectivity index (χ1n) is 5.87. The number of methoxy groups -OCH3 is 2. The first kappa shape index (κ1) is 20.0. The molecule has 0 spiro atoms. The number of carbonyl (C=O) groups is 1. The molecular formula is C12H27ClN2O3. The lowest BCUT2D eigenvalue weighted by molar-refractivity contribution is -0.124. The summed E-state index contributed by atoms with van der Waals surface area (Å²) in [5, 5.41) is 2.84. The van der Waals surface area contributed by atoms with Gasteiger partial charge >= 0.3 is 0 Å². The fraction of sp³-hybridized carbons (Fsp3) is 0.917. The molecule has 2 unspecified atom stereocenters. The van der Waals surface area contributed by atoms with Crippen molar-refractivity contribution in [3.05, 3.63) is 0 Å². The maximum absolute atomic E-state index is 11.6. The van der Waals surface area contributed by atoms with Crippen molar-refractivity contribution in [1.82, 2.24) is 5.32 Å². The molecule has 0 radical (unpaired) electrons. The predicted molar refractivity (Wildman–Crippen MR) is 75.0 cm³/mol. The molecule has 5 nitrogen and oxygen atoms in total. The maximum atomic E-state index is 11.6. The van der Waals surface area contributed by atoms with Crippen molar-refractivity contribution in [2.24, 2.45) is 11.1 Å². The standard InChI is InChI=1S/C12H26N2O3.ClH/c1-12(2,3)10(17-5)8-14-11(15)6-9(7-13)16-4;/h9-10H,6-8,13H2,1-5H3,(H,14,15);1H. The van der Waals surface area contributed by atoms with Gasteiger partial charge in [-0.05, 0) is 5.41 Å². The summed E-state index contributed by atoms with van der Waals surface area (Å²) >= 11 is 0. The maximum Gasteiger partial charge on any atom is 0.222 e. The summed E-state index contributed by atoms with van der Waals surface area (Å²) in [5.74, 6) is -0.0615. The van der Waals surface area contributed by atoms with Gasteiger partial charge in [0, 0.05) is 27.3 Å². The van der Waals surface area contributed by atoms with E-state index in [1.165, 1.54) is 0 Å². The van der Waals surface area contributed by atoms with Crippen molar-refractivity contribution in [2.75, 3.05) is 27.3 Å². The van der Waals surface area contributed by atoms with E-state index in [1.54, 1.807) is 14.2 Å². The SMILES string of the molecule is COC(CN)CC(=O)NCC(OC)C(C)(C)C.Cl. The van der Waals surface area contributed by atoms with Gasteiger partial charge < -0.3 is 20.5 Å². The number of halogens is 1. The summed E-state index contributed by atoms with van der Waals surface area (Å²) < 4.78 is 10.4. The minimum atomic E-state index is -0.217. The molecule has 6 heteroatoms. The van der Waals surface area contributed by atoms with Crippen LogP contribution in [0.2, 0.25) is 0 Å². The first-order chi connectivity index (χ1) is 7.85. The molecular weight excluding hydrogens is 256 g/mol. The normalized spacial score (nSPS) is 14.6. The Balaban J connectivity index is 0. The summed E-state index contributed by atoms with van der Waals surface area (Å²) in [7, 11) is 3.21. The van der Waals surface area contributed by atoms with Gasteiger partial charge in [0.15, 0.2) is 0 Å². The third-order valence-electron chi connectivity index (χ3n) is 2.74. The molecule has 0 aromatic heterocycles. The minimum absolute atomic E-state index is 0. The fourth-order valence-corrected chi connectivity index (χ4v) is 1.49. The molecule has 1 amide bonds.